The molecule has 2 aliphatic rings. The fourth-order valence-corrected chi connectivity index (χ4v) is 3.78. The van der Waals surface area contributed by atoms with Crippen molar-refractivity contribution in [1.82, 2.24) is 9.88 Å². The summed E-state index contributed by atoms with van der Waals surface area (Å²) < 4.78 is 0.876. The molecule has 1 aromatic rings. The van der Waals surface area contributed by atoms with Crippen LogP contribution in [0.15, 0.2) is 22.8 Å². The third-order valence-electron chi connectivity index (χ3n) is 4.99. The highest BCUT2D eigenvalue weighted by Crippen LogP contribution is 2.45. The van der Waals surface area contributed by atoms with Crippen molar-refractivity contribution in [2.24, 2.45) is 11.7 Å². The highest BCUT2D eigenvalue weighted by molar-refractivity contribution is 9.10. The van der Waals surface area contributed by atoms with Crippen LogP contribution in [0.2, 0.25) is 0 Å². The van der Waals surface area contributed by atoms with E-state index in [-0.39, 0.29) is 24.8 Å². The van der Waals surface area contributed by atoms with Gasteiger partial charge in [-0.15, -0.1) is 0 Å². The van der Waals surface area contributed by atoms with E-state index in [1.165, 1.54) is 0 Å². The van der Waals surface area contributed by atoms with Gasteiger partial charge in [0.25, 0.3) is 0 Å². The first-order chi connectivity index (χ1) is 10.9. The Bertz CT molecular complexity index is 616. The van der Waals surface area contributed by atoms with Crippen LogP contribution in [0.3, 0.4) is 0 Å². The van der Waals surface area contributed by atoms with Gasteiger partial charge in [0, 0.05) is 36.1 Å². The number of aliphatic hydroxyl groups is 1. The van der Waals surface area contributed by atoms with Gasteiger partial charge in [-0.05, 0) is 40.9 Å². The summed E-state index contributed by atoms with van der Waals surface area (Å²) in [5, 5.41) is 10.1. The largest absolute Gasteiger partial charge is 0.391 e. The molecule has 3 N–H and O–H groups in total. The Labute approximate surface area is 143 Å². The lowest BCUT2D eigenvalue weighted by Crippen LogP contribution is -2.51. The number of carbonyl (C=O) groups is 2. The van der Waals surface area contributed by atoms with Crippen LogP contribution in [0.5, 0.6) is 0 Å². The first-order valence-electron chi connectivity index (χ1n) is 7.80. The number of primary amides is 1. The molecule has 0 spiro atoms. The van der Waals surface area contributed by atoms with Crippen LogP contribution in [-0.4, -0.2) is 46.0 Å². The molecule has 1 aliphatic heterocycles. The molecule has 2 amide bonds. The van der Waals surface area contributed by atoms with Crippen molar-refractivity contribution < 1.29 is 14.7 Å². The predicted octanol–water partition coefficient (Wildman–Crippen LogP) is 0.960. The Morgan fingerprint density at radius 1 is 1.39 bits per heavy atom. The van der Waals surface area contributed by atoms with Crippen molar-refractivity contribution in [3.05, 3.63) is 28.5 Å². The van der Waals surface area contributed by atoms with Gasteiger partial charge in [0.1, 0.15) is 0 Å². The topological polar surface area (TPSA) is 96.5 Å². The monoisotopic (exact) mass is 381 g/mol. The summed E-state index contributed by atoms with van der Waals surface area (Å²) in [6.07, 6.45) is 3.65. The van der Waals surface area contributed by atoms with Gasteiger partial charge in [-0.1, -0.05) is 6.42 Å². The minimum Gasteiger partial charge on any atom is -0.391 e. The number of halogens is 1. The molecule has 6 nitrogen and oxygen atoms in total. The quantitative estimate of drug-likeness (QED) is 0.811. The second-order valence-electron chi connectivity index (χ2n) is 6.51. The number of β-amino-alcohol motifs (C(OH)–C–C–N with tert-alkyl or cyclic N) is 1. The van der Waals surface area contributed by atoms with E-state index in [4.69, 9.17) is 5.73 Å². The molecular formula is C16H20BrN3O3. The second-order valence-corrected chi connectivity index (χ2v) is 7.42. The Morgan fingerprint density at radius 2 is 2.13 bits per heavy atom. The number of aliphatic hydroxyl groups excluding tert-OH is 1. The number of hydrogen-bond acceptors (Lipinski definition) is 4. The number of nitrogens with zero attached hydrogens (tertiary/aromatic N) is 2. The fraction of sp³-hybridized carbons (Fsp3) is 0.562. The summed E-state index contributed by atoms with van der Waals surface area (Å²) in [5.41, 5.74) is 5.42. The zero-order valence-corrected chi connectivity index (χ0v) is 14.3. The Hall–Kier alpha value is -1.47. The number of likely N-dealkylation sites (tertiary alicyclic amines) is 1. The molecular weight excluding hydrogens is 362 g/mol. The minimum atomic E-state index is -0.693. The molecule has 0 unspecified atom stereocenters. The number of rotatable bonds is 4. The lowest BCUT2D eigenvalue weighted by atomic mass is 9.65. The van der Waals surface area contributed by atoms with Gasteiger partial charge >= 0.3 is 0 Å². The molecule has 3 rings (SSSR count). The molecule has 2 atom stereocenters. The van der Waals surface area contributed by atoms with Crippen molar-refractivity contribution in [3.8, 4) is 0 Å². The van der Waals surface area contributed by atoms with Gasteiger partial charge in [0.05, 0.1) is 17.2 Å². The third kappa shape index (κ3) is 2.99. The van der Waals surface area contributed by atoms with Gasteiger partial charge in [0.2, 0.25) is 11.8 Å². The number of amides is 2. The summed E-state index contributed by atoms with van der Waals surface area (Å²) >= 11 is 3.36. The first kappa shape index (κ1) is 16.4. The highest BCUT2D eigenvalue weighted by atomic mass is 79.9. The van der Waals surface area contributed by atoms with Crippen molar-refractivity contribution in [2.75, 3.05) is 13.1 Å². The molecule has 124 valence electrons. The van der Waals surface area contributed by atoms with Crippen LogP contribution in [0, 0.1) is 5.92 Å². The maximum atomic E-state index is 13.1. The zero-order valence-electron chi connectivity index (χ0n) is 12.7. The van der Waals surface area contributed by atoms with Gasteiger partial charge in [-0.25, -0.2) is 0 Å². The summed E-state index contributed by atoms with van der Waals surface area (Å²) in [6, 6.07) is 3.78. The van der Waals surface area contributed by atoms with Crippen LogP contribution in [0.1, 0.15) is 31.4 Å². The lowest BCUT2D eigenvalue weighted by molar-refractivity contribution is -0.140. The standard InChI is InChI=1S/C16H20BrN3O3/c17-11-2-3-13(19-7-11)16(4-1-5-16)15(23)20-8-10(6-14(18)22)12(21)9-20/h2-3,7,10,12,21H,1,4-6,8-9H2,(H2,18,22)/t10-,12-/m1/s1. The number of pyridine rings is 1. The predicted molar refractivity (Wildman–Crippen MR) is 87.4 cm³/mol. The molecule has 23 heavy (non-hydrogen) atoms. The number of nitrogens with two attached hydrogens (primary N) is 1. The molecule has 1 saturated carbocycles. The molecule has 1 aromatic heterocycles. The normalized spacial score (nSPS) is 25.9. The molecule has 1 aliphatic carbocycles. The molecule has 0 bridgehead atoms. The summed E-state index contributed by atoms with van der Waals surface area (Å²) in [5.74, 6) is -0.715. The maximum absolute atomic E-state index is 13.1. The lowest BCUT2D eigenvalue weighted by Gasteiger charge is -2.42. The van der Waals surface area contributed by atoms with Crippen LogP contribution in [0.4, 0.5) is 0 Å². The summed E-state index contributed by atoms with van der Waals surface area (Å²) in [7, 11) is 0. The number of carbonyl (C=O) groups excluding carboxylic acids is 2. The maximum Gasteiger partial charge on any atom is 0.234 e. The fourth-order valence-electron chi connectivity index (χ4n) is 3.55. The zero-order chi connectivity index (χ0) is 16.6. The van der Waals surface area contributed by atoms with E-state index < -0.39 is 17.4 Å². The van der Waals surface area contributed by atoms with Crippen molar-refractivity contribution in [2.45, 2.75) is 37.2 Å². The van der Waals surface area contributed by atoms with E-state index in [1.54, 1.807) is 11.1 Å². The Morgan fingerprint density at radius 3 is 2.65 bits per heavy atom. The van der Waals surface area contributed by atoms with E-state index in [0.29, 0.717) is 6.54 Å². The first-order valence-corrected chi connectivity index (χ1v) is 8.59. The van der Waals surface area contributed by atoms with Gasteiger partial charge in [-0.3, -0.25) is 14.6 Å². The highest BCUT2D eigenvalue weighted by Gasteiger charge is 2.50. The van der Waals surface area contributed by atoms with Crippen molar-refractivity contribution in [3.63, 3.8) is 0 Å². The Balaban J connectivity index is 1.78. The SMILES string of the molecule is NC(=O)C[C@@H]1CN(C(=O)C2(c3ccc(Br)cn3)CCC2)C[C@H]1O. The van der Waals surface area contributed by atoms with Crippen LogP contribution < -0.4 is 5.73 Å². The molecule has 2 heterocycles. The van der Waals surface area contributed by atoms with Crippen LogP contribution in [0.25, 0.3) is 0 Å². The van der Waals surface area contributed by atoms with Crippen molar-refractivity contribution >= 4 is 27.7 Å². The van der Waals surface area contributed by atoms with Gasteiger partial charge in [-0.2, -0.15) is 0 Å². The van der Waals surface area contributed by atoms with E-state index >= 15 is 0 Å². The van der Waals surface area contributed by atoms with Gasteiger partial charge in [0.15, 0.2) is 0 Å². The van der Waals surface area contributed by atoms with E-state index in [1.807, 2.05) is 12.1 Å². The van der Waals surface area contributed by atoms with Crippen LogP contribution in [-0.2, 0) is 15.0 Å². The van der Waals surface area contributed by atoms with E-state index in [0.717, 1.165) is 29.4 Å². The second kappa shape index (κ2) is 6.20. The van der Waals surface area contributed by atoms with E-state index in [2.05, 4.69) is 20.9 Å². The molecule has 7 heteroatoms. The number of hydrogen-bond donors (Lipinski definition) is 2. The van der Waals surface area contributed by atoms with Gasteiger partial charge < -0.3 is 15.7 Å². The molecule has 0 aromatic carbocycles. The van der Waals surface area contributed by atoms with Crippen molar-refractivity contribution in [1.29, 1.82) is 0 Å². The average Bonchev–Trinajstić information content (AvgIpc) is 2.80. The summed E-state index contributed by atoms with van der Waals surface area (Å²) in [4.78, 5) is 30.2. The molecule has 1 saturated heterocycles. The Kier molecular flexibility index (Phi) is 4.42. The molecule has 2 fully saturated rings. The number of aromatic nitrogens is 1. The minimum absolute atomic E-state index is 0.00425. The average molecular weight is 382 g/mol. The van der Waals surface area contributed by atoms with E-state index in [9.17, 15) is 14.7 Å². The smallest absolute Gasteiger partial charge is 0.234 e. The summed E-state index contributed by atoms with van der Waals surface area (Å²) in [6.45, 7) is 0.635. The molecule has 0 radical (unpaired) electrons. The third-order valence-corrected chi connectivity index (χ3v) is 5.46. The van der Waals surface area contributed by atoms with Crippen LogP contribution >= 0.6 is 15.9 Å².